The molecule has 98 valence electrons. The van der Waals surface area contributed by atoms with E-state index in [1.54, 1.807) is 0 Å². The van der Waals surface area contributed by atoms with E-state index in [9.17, 15) is 18.3 Å². The number of carboxylic acid groups (broad SMARTS) is 1. The molecule has 1 aliphatic heterocycles. The number of carbonyl (C=O) groups is 1. The Balaban J connectivity index is 2.25. The van der Waals surface area contributed by atoms with Crippen LogP contribution in [-0.4, -0.2) is 34.1 Å². The first kappa shape index (κ1) is 12.7. The maximum atomic E-state index is 11.7. The van der Waals surface area contributed by atoms with Crippen LogP contribution in [0, 0.1) is 0 Å². The van der Waals surface area contributed by atoms with E-state index in [2.05, 4.69) is 0 Å². The third-order valence-corrected chi connectivity index (χ3v) is 3.63. The number of hydrogen-bond acceptors (Lipinski definition) is 6. The predicted molar refractivity (Wildman–Crippen MR) is 57.6 cm³/mol. The molecule has 0 unspecified atom stereocenters. The Morgan fingerprint density at radius 2 is 1.94 bits per heavy atom. The van der Waals surface area contributed by atoms with E-state index in [4.69, 9.17) is 9.47 Å². The van der Waals surface area contributed by atoms with Crippen molar-refractivity contribution in [3.8, 4) is 11.5 Å². The van der Waals surface area contributed by atoms with E-state index in [0.717, 1.165) is 0 Å². The van der Waals surface area contributed by atoms with Gasteiger partial charge < -0.3 is 19.4 Å². The Kier molecular flexibility index (Phi) is 3.39. The molecule has 0 saturated carbocycles. The third-order valence-electron chi connectivity index (χ3n) is 2.23. The minimum atomic E-state index is -3.90. The van der Waals surface area contributed by atoms with Crippen molar-refractivity contribution in [2.45, 2.75) is 4.90 Å². The van der Waals surface area contributed by atoms with Crippen LogP contribution in [0.2, 0.25) is 0 Å². The number of ether oxygens (including phenoxy) is 2. The summed E-state index contributed by atoms with van der Waals surface area (Å²) in [5.41, 5.74) is 0. The number of carbonyl (C=O) groups excluding carboxylic acids is 1. The lowest BCUT2D eigenvalue weighted by atomic mass is 10.3. The Hall–Kier alpha value is -1.80. The Labute approximate surface area is 103 Å². The highest BCUT2D eigenvalue weighted by Gasteiger charge is 2.18. The first-order valence-corrected chi connectivity index (χ1v) is 6.56. The van der Waals surface area contributed by atoms with Crippen molar-refractivity contribution in [2.75, 3.05) is 19.8 Å². The van der Waals surface area contributed by atoms with Crippen LogP contribution in [-0.2, 0) is 14.8 Å². The van der Waals surface area contributed by atoms with E-state index < -0.39 is 22.5 Å². The summed E-state index contributed by atoms with van der Waals surface area (Å²) in [5, 5.41) is 10.2. The quantitative estimate of drug-likeness (QED) is 0.714. The van der Waals surface area contributed by atoms with Crippen molar-refractivity contribution in [1.29, 1.82) is 0 Å². The fourth-order valence-electron chi connectivity index (χ4n) is 1.43. The van der Waals surface area contributed by atoms with Crippen LogP contribution in [0.15, 0.2) is 23.1 Å². The zero-order chi connectivity index (χ0) is 13.2. The highest BCUT2D eigenvalue weighted by Crippen LogP contribution is 2.31. The van der Waals surface area contributed by atoms with E-state index in [0.29, 0.717) is 24.7 Å². The summed E-state index contributed by atoms with van der Waals surface area (Å²) in [5.74, 6) is -0.728. The minimum Gasteiger partial charge on any atom is -0.549 e. The number of fused-ring (bicyclic) bond motifs is 1. The Bertz CT molecular complexity index is 568. The zero-order valence-corrected chi connectivity index (χ0v) is 10.0. The van der Waals surface area contributed by atoms with Crippen LogP contribution in [0.5, 0.6) is 11.5 Å². The van der Waals surface area contributed by atoms with Gasteiger partial charge in [0.05, 0.1) is 17.4 Å². The molecule has 0 aromatic heterocycles. The van der Waals surface area contributed by atoms with Gasteiger partial charge in [0.1, 0.15) is 13.2 Å². The lowest BCUT2D eigenvalue weighted by Crippen LogP contribution is -2.37. The van der Waals surface area contributed by atoms with E-state index >= 15 is 0 Å². The maximum Gasteiger partial charge on any atom is 0.241 e. The molecule has 18 heavy (non-hydrogen) atoms. The number of carboxylic acids is 1. The number of hydrogen-bond donors (Lipinski definition) is 1. The normalized spacial score (nSPS) is 14.2. The summed E-state index contributed by atoms with van der Waals surface area (Å²) in [4.78, 5) is 10.1. The van der Waals surface area contributed by atoms with Gasteiger partial charge in [0.25, 0.3) is 0 Å². The summed E-state index contributed by atoms with van der Waals surface area (Å²) in [6, 6.07) is 4.05. The molecule has 2 rings (SSSR count). The van der Waals surface area contributed by atoms with Crippen molar-refractivity contribution < 1.29 is 27.8 Å². The van der Waals surface area contributed by atoms with E-state index in [1.807, 2.05) is 4.72 Å². The second kappa shape index (κ2) is 4.83. The number of aliphatic carboxylic acids is 1. The molecule has 1 aliphatic rings. The highest BCUT2D eigenvalue weighted by molar-refractivity contribution is 7.89. The molecular formula is C10H10NO6S-. The zero-order valence-electron chi connectivity index (χ0n) is 9.21. The molecule has 0 bridgehead atoms. The van der Waals surface area contributed by atoms with Gasteiger partial charge in [-0.2, -0.15) is 0 Å². The number of benzene rings is 1. The largest absolute Gasteiger partial charge is 0.549 e. The molecule has 0 amide bonds. The monoisotopic (exact) mass is 272 g/mol. The topological polar surface area (TPSA) is 105 Å². The van der Waals surface area contributed by atoms with Gasteiger partial charge in [0.2, 0.25) is 10.0 Å². The van der Waals surface area contributed by atoms with Crippen LogP contribution in [0.3, 0.4) is 0 Å². The maximum absolute atomic E-state index is 11.7. The molecule has 0 spiro atoms. The summed E-state index contributed by atoms with van der Waals surface area (Å²) in [6.45, 7) is -0.0399. The first-order valence-electron chi connectivity index (χ1n) is 5.08. The second-order valence-corrected chi connectivity index (χ2v) is 5.27. The van der Waals surface area contributed by atoms with E-state index in [1.165, 1.54) is 18.2 Å². The van der Waals surface area contributed by atoms with E-state index in [-0.39, 0.29) is 4.90 Å². The van der Waals surface area contributed by atoms with Crippen LogP contribution >= 0.6 is 0 Å². The molecule has 0 radical (unpaired) electrons. The van der Waals surface area contributed by atoms with Gasteiger partial charge in [-0.3, -0.25) is 0 Å². The summed E-state index contributed by atoms with van der Waals surface area (Å²) in [6.07, 6.45) is 0. The molecule has 7 nitrogen and oxygen atoms in total. The van der Waals surface area contributed by atoms with Gasteiger partial charge in [-0.25, -0.2) is 13.1 Å². The van der Waals surface area contributed by atoms with Gasteiger partial charge in [0, 0.05) is 6.07 Å². The Morgan fingerprint density at radius 3 is 2.61 bits per heavy atom. The van der Waals surface area contributed by atoms with Crippen molar-refractivity contribution in [2.24, 2.45) is 0 Å². The van der Waals surface area contributed by atoms with Gasteiger partial charge in [-0.05, 0) is 12.1 Å². The molecular weight excluding hydrogens is 262 g/mol. The SMILES string of the molecule is O=C([O-])CNS(=O)(=O)c1ccc2c(c1)OCCO2. The molecule has 1 N–H and O–H groups in total. The smallest absolute Gasteiger partial charge is 0.241 e. The van der Waals surface area contributed by atoms with Crippen LogP contribution in [0.4, 0.5) is 0 Å². The second-order valence-electron chi connectivity index (χ2n) is 3.50. The highest BCUT2D eigenvalue weighted by atomic mass is 32.2. The van der Waals surface area contributed by atoms with Crippen molar-refractivity contribution in [3.63, 3.8) is 0 Å². The molecule has 8 heteroatoms. The van der Waals surface area contributed by atoms with Crippen LogP contribution in [0.1, 0.15) is 0 Å². The standard InChI is InChI=1S/C10H11NO6S/c12-10(13)6-11-18(14,15)7-1-2-8-9(5-7)17-4-3-16-8/h1-2,5,11H,3-4,6H2,(H,12,13)/p-1. The Morgan fingerprint density at radius 1 is 1.28 bits per heavy atom. The minimum absolute atomic E-state index is 0.0898. The lowest BCUT2D eigenvalue weighted by Gasteiger charge is -2.18. The van der Waals surface area contributed by atoms with Crippen LogP contribution in [0.25, 0.3) is 0 Å². The van der Waals surface area contributed by atoms with Crippen molar-refractivity contribution in [3.05, 3.63) is 18.2 Å². The van der Waals surface area contributed by atoms with Gasteiger partial charge >= 0.3 is 0 Å². The predicted octanol–water partition coefficient (Wildman–Crippen LogP) is -1.51. The average Bonchev–Trinajstić information content (AvgIpc) is 2.36. The van der Waals surface area contributed by atoms with Crippen molar-refractivity contribution >= 4 is 16.0 Å². The third kappa shape index (κ3) is 2.71. The average molecular weight is 272 g/mol. The number of sulfonamides is 1. The summed E-state index contributed by atoms with van der Waals surface area (Å²) >= 11 is 0. The van der Waals surface area contributed by atoms with Crippen molar-refractivity contribution in [1.82, 2.24) is 4.72 Å². The molecule has 0 fully saturated rings. The fourth-order valence-corrected chi connectivity index (χ4v) is 2.41. The molecule has 1 heterocycles. The lowest BCUT2D eigenvalue weighted by molar-refractivity contribution is -0.303. The van der Waals surface area contributed by atoms with Gasteiger partial charge in [-0.15, -0.1) is 0 Å². The molecule has 0 aliphatic carbocycles. The summed E-state index contributed by atoms with van der Waals surface area (Å²) < 4.78 is 35.8. The molecule has 0 saturated heterocycles. The first-order chi connectivity index (χ1) is 8.49. The van der Waals surface area contributed by atoms with Crippen LogP contribution < -0.4 is 19.3 Å². The fraction of sp³-hybridized carbons (Fsp3) is 0.300. The van der Waals surface area contributed by atoms with Gasteiger partial charge in [-0.1, -0.05) is 0 Å². The number of nitrogens with one attached hydrogen (secondary N) is 1. The molecule has 1 aromatic carbocycles. The number of rotatable bonds is 4. The molecule has 1 aromatic rings. The van der Waals surface area contributed by atoms with Gasteiger partial charge in [0.15, 0.2) is 11.5 Å². The molecule has 0 atom stereocenters. The summed E-state index contributed by atoms with van der Waals surface area (Å²) in [7, 11) is -3.90.